The van der Waals surface area contributed by atoms with Crippen LogP contribution in [-0.2, 0) is 18.7 Å². The van der Waals surface area contributed by atoms with E-state index in [1.54, 1.807) is 20.8 Å². The SMILES string of the molecule is CC(C)(C)OC(=O)CCOC(=O)NCC(O[Si](C)(C)C(C)(C)C)C1CC1. The zero-order valence-electron chi connectivity index (χ0n) is 17.7. The van der Waals surface area contributed by atoms with Crippen LogP contribution < -0.4 is 5.32 Å². The van der Waals surface area contributed by atoms with Gasteiger partial charge in [-0.1, -0.05) is 20.8 Å². The van der Waals surface area contributed by atoms with Crippen molar-refractivity contribution in [2.24, 2.45) is 5.92 Å². The van der Waals surface area contributed by atoms with Crippen LogP contribution in [0.15, 0.2) is 0 Å². The average molecular weight is 388 g/mol. The summed E-state index contributed by atoms with van der Waals surface area (Å²) >= 11 is 0. The predicted octanol–water partition coefficient (Wildman–Crippen LogP) is 4.24. The normalized spacial score (nSPS) is 16.8. The van der Waals surface area contributed by atoms with Crippen LogP contribution in [0, 0.1) is 5.92 Å². The van der Waals surface area contributed by atoms with Gasteiger partial charge >= 0.3 is 12.1 Å². The molecule has 0 aromatic rings. The Labute approximate surface area is 159 Å². The van der Waals surface area contributed by atoms with Gasteiger partial charge in [-0.25, -0.2) is 4.79 Å². The maximum Gasteiger partial charge on any atom is 0.407 e. The molecule has 6 nitrogen and oxygen atoms in total. The van der Waals surface area contributed by atoms with E-state index in [1.165, 1.54) is 0 Å². The first kappa shape index (κ1) is 23.0. The van der Waals surface area contributed by atoms with Crippen molar-refractivity contribution >= 4 is 20.4 Å². The van der Waals surface area contributed by atoms with Gasteiger partial charge in [-0.3, -0.25) is 4.79 Å². The van der Waals surface area contributed by atoms with Gasteiger partial charge in [0.25, 0.3) is 0 Å². The molecule has 0 bridgehead atoms. The highest BCUT2D eigenvalue weighted by Crippen LogP contribution is 2.41. The van der Waals surface area contributed by atoms with Crippen LogP contribution in [0.25, 0.3) is 0 Å². The maximum absolute atomic E-state index is 11.9. The van der Waals surface area contributed by atoms with Crippen molar-refractivity contribution in [3.63, 3.8) is 0 Å². The third-order valence-electron chi connectivity index (χ3n) is 4.81. The summed E-state index contributed by atoms with van der Waals surface area (Å²) in [7, 11) is -1.88. The van der Waals surface area contributed by atoms with E-state index in [0.717, 1.165) is 12.8 Å². The molecular formula is C19H37NO5Si. The summed E-state index contributed by atoms with van der Waals surface area (Å²) in [5.41, 5.74) is -0.530. The van der Waals surface area contributed by atoms with Crippen LogP contribution in [0.2, 0.25) is 18.1 Å². The average Bonchev–Trinajstić information content (AvgIpc) is 3.24. The number of ether oxygens (including phenoxy) is 2. The zero-order valence-corrected chi connectivity index (χ0v) is 18.7. The number of carbonyl (C=O) groups excluding carboxylic acids is 2. The van der Waals surface area contributed by atoms with Crippen LogP contribution in [0.1, 0.15) is 60.8 Å². The lowest BCUT2D eigenvalue weighted by atomic mass is 10.2. The van der Waals surface area contributed by atoms with Crippen molar-refractivity contribution in [2.75, 3.05) is 13.2 Å². The molecule has 0 aromatic carbocycles. The molecule has 7 heteroatoms. The minimum Gasteiger partial charge on any atom is -0.460 e. The van der Waals surface area contributed by atoms with Crippen molar-refractivity contribution in [1.82, 2.24) is 5.32 Å². The fraction of sp³-hybridized carbons (Fsp3) is 0.895. The van der Waals surface area contributed by atoms with Gasteiger partial charge in [-0.2, -0.15) is 0 Å². The molecule has 0 saturated heterocycles. The quantitative estimate of drug-likeness (QED) is 0.498. The second-order valence-corrected chi connectivity index (χ2v) is 14.4. The summed E-state index contributed by atoms with van der Waals surface area (Å²) in [4.78, 5) is 23.5. The lowest BCUT2D eigenvalue weighted by Gasteiger charge is -2.39. The van der Waals surface area contributed by atoms with Gasteiger partial charge in [0.15, 0.2) is 8.32 Å². The molecule has 1 fully saturated rings. The van der Waals surface area contributed by atoms with Gasteiger partial charge in [0.1, 0.15) is 12.2 Å². The molecule has 1 saturated carbocycles. The molecule has 0 aromatic heterocycles. The van der Waals surface area contributed by atoms with Gasteiger partial charge in [-0.05, 0) is 57.7 Å². The van der Waals surface area contributed by atoms with Crippen molar-refractivity contribution < 1.29 is 23.5 Å². The molecule has 1 aliphatic carbocycles. The Kier molecular flexibility index (Phi) is 7.71. The lowest BCUT2D eigenvalue weighted by molar-refractivity contribution is -0.155. The van der Waals surface area contributed by atoms with Crippen LogP contribution >= 0.6 is 0 Å². The molecule has 1 amide bonds. The first-order chi connectivity index (χ1) is 11.7. The zero-order chi connectivity index (χ0) is 20.2. The molecule has 0 aliphatic heterocycles. The molecule has 26 heavy (non-hydrogen) atoms. The number of hydrogen-bond acceptors (Lipinski definition) is 5. The third kappa shape index (κ3) is 8.53. The highest BCUT2D eigenvalue weighted by Gasteiger charge is 2.43. The van der Waals surface area contributed by atoms with E-state index >= 15 is 0 Å². The first-order valence-electron chi connectivity index (χ1n) is 9.51. The summed E-state index contributed by atoms with van der Waals surface area (Å²) < 4.78 is 16.7. The second kappa shape index (κ2) is 8.74. The molecule has 1 N–H and O–H groups in total. The van der Waals surface area contributed by atoms with E-state index in [4.69, 9.17) is 13.9 Å². The monoisotopic (exact) mass is 387 g/mol. The molecule has 0 heterocycles. The lowest BCUT2D eigenvalue weighted by Crippen LogP contribution is -2.47. The molecular weight excluding hydrogens is 350 g/mol. The van der Waals surface area contributed by atoms with Crippen LogP contribution in [0.5, 0.6) is 0 Å². The first-order valence-corrected chi connectivity index (χ1v) is 12.4. The summed E-state index contributed by atoms with van der Waals surface area (Å²) in [6, 6.07) is 0. The van der Waals surface area contributed by atoms with Crippen LogP contribution in [0.4, 0.5) is 4.79 Å². The minimum atomic E-state index is -1.88. The van der Waals surface area contributed by atoms with Gasteiger partial charge < -0.3 is 19.2 Å². The summed E-state index contributed by atoms with van der Waals surface area (Å²) in [6.45, 7) is 16.9. The fourth-order valence-corrected chi connectivity index (χ4v) is 3.57. The smallest absolute Gasteiger partial charge is 0.407 e. The van der Waals surface area contributed by atoms with Crippen molar-refractivity contribution in [2.45, 2.75) is 90.6 Å². The van der Waals surface area contributed by atoms with Gasteiger partial charge in [0, 0.05) is 6.54 Å². The Morgan fingerprint density at radius 2 is 1.69 bits per heavy atom. The van der Waals surface area contributed by atoms with E-state index in [2.05, 4.69) is 39.2 Å². The number of alkyl carbamates (subject to hydrolysis) is 1. The number of carbonyl (C=O) groups is 2. The summed E-state index contributed by atoms with van der Waals surface area (Å²) in [5, 5.41) is 2.92. The van der Waals surface area contributed by atoms with E-state index in [-0.39, 0.29) is 30.1 Å². The fourth-order valence-electron chi connectivity index (χ4n) is 2.18. The van der Waals surface area contributed by atoms with E-state index in [1.807, 2.05) is 0 Å². The number of amides is 1. The third-order valence-corrected chi connectivity index (χ3v) is 9.31. The predicted molar refractivity (Wildman–Crippen MR) is 105 cm³/mol. The van der Waals surface area contributed by atoms with Crippen LogP contribution in [-0.4, -0.2) is 45.2 Å². The standard InChI is InChI=1S/C19H37NO5Si/c1-18(2,3)24-16(21)11-12-23-17(22)20-13-15(14-9-10-14)25-26(7,8)19(4,5)6/h14-15H,9-13H2,1-8H3,(H,20,22). The number of rotatable bonds is 8. The molecule has 0 spiro atoms. The van der Waals surface area contributed by atoms with Crippen LogP contribution in [0.3, 0.4) is 0 Å². The van der Waals surface area contributed by atoms with Gasteiger partial charge in [-0.15, -0.1) is 0 Å². The highest BCUT2D eigenvalue weighted by atomic mass is 28.4. The molecule has 1 aliphatic rings. The Bertz CT molecular complexity index is 489. The Hall–Kier alpha value is -1.08. The topological polar surface area (TPSA) is 73.9 Å². The number of hydrogen-bond donors (Lipinski definition) is 1. The number of esters is 1. The molecule has 0 radical (unpaired) electrons. The summed E-state index contributed by atoms with van der Waals surface area (Å²) in [5.74, 6) is 0.147. The highest BCUT2D eigenvalue weighted by molar-refractivity contribution is 6.74. The van der Waals surface area contributed by atoms with Crippen molar-refractivity contribution in [3.05, 3.63) is 0 Å². The Balaban J connectivity index is 2.36. The van der Waals surface area contributed by atoms with Crippen molar-refractivity contribution in [3.8, 4) is 0 Å². The Morgan fingerprint density at radius 1 is 1.12 bits per heavy atom. The molecule has 1 unspecified atom stereocenters. The van der Waals surface area contributed by atoms with Gasteiger partial charge in [0.2, 0.25) is 0 Å². The maximum atomic E-state index is 11.9. The molecule has 152 valence electrons. The molecule has 1 atom stereocenters. The minimum absolute atomic E-state index is 0.0118. The molecule has 1 rings (SSSR count). The Morgan fingerprint density at radius 3 is 2.15 bits per heavy atom. The van der Waals surface area contributed by atoms with Gasteiger partial charge in [0.05, 0.1) is 12.5 Å². The summed E-state index contributed by atoms with van der Waals surface area (Å²) in [6.07, 6.45) is 1.87. The second-order valence-electron chi connectivity index (χ2n) is 9.61. The van der Waals surface area contributed by atoms with E-state index in [0.29, 0.717) is 12.5 Å². The largest absolute Gasteiger partial charge is 0.460 e. The van der Waals surface area contributed by atoms with E-state index in [9.17, 15) is 9.59 Å². The van der Waals surface area contributed by atoms with Crippen molar-refractivity contribution in [1.29, 1.82) is 0 Å². The number of nitrogens with one attached hydrogen (secondary N) is 1. The van der Waals surface area contributed by atoms with E-state index < -0.39 is 20.0 Å².